The van der Waals surface area contributed by atoms with Crippen LogP contribution in [0.15, 0.2) is 75.5 Å². The lowest BCUT2D eigenvalue weighted by atomic mass is 10.1. The highest BCUT2D eigenvalue weighted by molar-refractivity contribution is 5.99. The van der Waals surface area contributed by atoms with E-state index in [2.05, 4.69) is 49.4 Å². The van der Waals surface area contributed by atoms with Gasteiger partial charge in [0.25, 0.3) is 0 Å². The number of nitrogens with zero attached hydrogens (tertiary/aromatic N) is 4. The molecule has 31 heavy (non-hydrogen) atoms. The van der Waals surface area contributed by atoms with E-state index in [0.29, 0.717) is 18.1 Å². The minimum atomic E-state index is -0.00277. The summed E-state index contributed by atoms with van der Waals surface area (Å²) >= 11 is 0. The Bertz CT molecular complexity index is 1260. The van der Waals surface area contributed by atoms with E-state index in [0.717, 1.165) is 16.5 Å². The summed E-state index contributed by atoms with van der Waals surface area (Å²) in [5.41, 5.74) is 13.3. The van der Waals surface area contributed by atoms with E-state index in [-0.39, 0.29) is 17.3 Å². The van der Waals surface area contributed by atoms with Gasteiger partial charge in [-0.25, -0.2) is 4.63 Å². The van der Waals surface area contributed by atoms with Crippen LogP contribution in [0.25, 0.3) is 10.8 Å². The maximum absolute atomic E-state index is 6.03. The number of benzene rings is 3. The normalized spacial score (nSPS) is 11.8. The Morgan fingerprint density at radius 1 is 1.06 bits per heavy atom. The van der Waals surface area contributed by atoms with E-state index in [1.165, 1.54) is 11.6 Å². The van der Waals surface area contributed by atoms with Gasteiger partial charge in [-0.3, -0.25) is 0 Å². The van der Waals surface area contributed by atoms with Crippen LogP contribution in [-0.4, -0.2) is 29.5 Å². The van der Waals surface area contributed by atoms with Crippen LogP contribution in [0.1, 0.15) is 16.8 Å². The molecule has 1 heterocycles. The number of nitrogen functional groups attached to an aromatic ring is 1. The molecule has 0 amide bonds. The summed E-state index contributed by atoms with van der Waals surface area (Å²) < 4.78 is 16.0. The summed E-state index contributed by atoms with van der Waals surface area (Å²) in [5.74, 6) is 1.24. The molecular weight excluding hydrogens is 396 g/mol. The Morgan fingerprint density at radius 2 is 1.90 bits per heavy atom. The molecule has 0 radical (unpaired) electrons. The van der Waals surface area contributed by atoms with Crippen LogP contribution in [0, 0.1) is 0 Å². The standard InChI is InChI=1S/C22H20N6O3/c1-29-19-11-14(12-25-26-21(23)20-22(24)28-31-27-20)9-10-18(19)30-13-16-7-4-6-15-5-2-3-8-17(15)16/h2-12H,13H2,1H3,(H2,23,26)(H2,24,28)/b25-12-. The molecule has 0 fully saturated rings. The molecule has 9 nitrogen and oxygen atoms in total. The molecule has 156 valence electrons. The number of hydrogen-bond acceptors (Lipinski definition) is 8. The maximum Gasteiger partial charge on any atom is 0.199 e. The quantitative estimate of drug-likeness (QED) is 0.268. The molecule has 0 spiro atoms. The summed E-state index contributed by atoms with van der Waals surface area (Å²) in [5, 5.41) is 17.1. The third-order valence-corrected chi connectivity index (χ3v) is 4.58. The fraction of sp³-hybridized carbons (Fsp3) is 0.0909. The third kappa shape index (κ3) is 4.45. The van der Waals surface area contributed by atoms with Gasteiger partial charge in [0.05, 0.1) is 13.3 Å². The van der Waals surface area contributed by atoms with Gasteiger partial charge in [0.2, 0.25) is 0 Å². The summed E-state index contributed by atoms with van der Waals surface area (Å²) in [7, 11) is 1.58. The number of fused-ring (bicyclic) bond motifs is 1. The van der Waals surface area contributed by atoms with Crippen LogP contribution in [-0.2, 0) is 6.61 Å². The zero-order valence-corrected chi connectivity index (χ0v) is 16.7. The Kier molecular flexibility index (Phi) is 5.75. The molecule has 0 saturated heterocycles. The van der Waals surface area contributed by atoms with E-state index in [1.807, 2.05) is 30.3 Å². The van der Waals surface area contributed by atoms with Crippen molar-refractivity contribution in [3.8, 4) is 11.5 Å². The number of nitrogens with two attached hydrogens (primary N) is 2. The first-order valence-corrected chi connectivity index (χ1v) is 9.38. The van der Waals surface area contributed by atoms with E-state index in [1.54, 1.807) is 13.2 Å². The van der Waals surface area contributed by atoms with Gasteiger partial charge in [0.1, 0.15) is 6.61 Å². The number of amidine groups is 1. The van der Waals surface area contributed by atoms with Gasteiger partial charge in [0, 0.05) is 0 Å². The second-order valence-electron chi connectivity index (χ2n) is 6.57. The van der Waals surface area contributed by atoms with Crippen molar-refractivity contribution in [2.24, 2.45) is 15.9 Å². The Balaban J connectivity index is 1.48. The fourth-order valence-electron chi connectivity index (χ4n) is 3.04. The van der Waals surface area contributed by atoms with Crippen LogP contribution in [0.2, 0.25) is 0 Å². The van der Waals surface area contributed by atoms with Gasteiger partial charge < -0.3 is 20.9 Å². The number of hydrogen-bond donors (Lipinski definition) is 2. The van der Waals surface area contributed by atoms with E-state index in [4.69, 9.17) is 20.9 Å². The lowest BCUT2D eigenvalue weighted by molar-refractivity contribution is 0.285. The molecule has 0 unspecified atom stereocenters. The van der Waals surface area contributed by atoms with Crippen LogP contribution in [0.3, 0.4) is 0 Å². The topological polar surface area (TPSA) is 134 Å². The molecule has 3 aromatic carbocycles. The lowest BCUT2D eigenvalue weighted by Gasteiger charge is -2.12. The zero-order valence-electron chi connectivity index (χ0n) is 16.7. The molecule has 0 atom stereocenters. The van der Waals surface area contributed by atoms with Crippen molar-refractivity contribution in [2.45, 2.75) is 6.61 Å². The van der Waals surface area contributed by atoms with Crippen molar-refractivity contribution in [3.63, 3.8) is 0 Å². The average molecular weight is 416 g/mol. The molecule has 0 aliphatic carbocycles. The highest BCUT2D eigenvalue weighted by Crippen LogP contribution is 2.29. The fourth-order valence-corrected chi connectivity index (χ4v) is 3.04. The second kappa shape index (κ2) is 8.95. The van der Waals surface area contributed by atoms with Crippen LogP contribution in [0.5, 0.6) is 11.5 Å². The smallest absolute Gasteiger partial charge is 0.199 e. The van der Waals surface area contributed by atoms with Crippen molar-refractivity contribution < 1.29 is 14.1 Å². The van der Waals surface area contributed by atoms with Gasteiger partial charge in [-0.15, -0.1) is 5.10 Å². The number of anilines is 1. The Hall–Kier alpha value is -4.40. The molecule has 9 heteroatoms. The monoisotopic (exact) mass is 416 g/mol. The number of aromatic nitrogens is 2. The van der Waals surface area contributed by atoms with Crippen molar-refractivity contribution >= 4 is 28.6 Å². The molecule has 1 aromatic heterocycles. The molecule has 4 aromatic rings. The molecule has 4 N–H and O–H groups in total. The molecular formula is C22H20N6O3. The summed E-state index contributed by atoms with van der Waals surface area (Å²) in [6.45, 7) is 0.416. The first-order valence-electron chi connectivity index (χ1n) is 9.38. The van der Waals surface area contributed by atoms with E-state index < -0.39 is 0 Å². The lowest BCUT2D eigenvalue weighted by Crippen LogP contribution is -2.15. The largest absolute Gasteiger partial charge is 0.493 e. The van der Waals surface area contributed by atoms with Crippen molar-refractivity contribution in [1.29, 1.82) is 0 Å². The van der Waals surface area contributed by atoms with Gasteiger partial charge >= 0.3 is 0 Å². The number of methoxy groups -OCH3 is 1. The molecule has 0 aliphatic heterocycles. The first kappa shape index (κ1) is 19.9. The SMILES string of the molecule is COc1cc(/C=N\N=C(N)c2nonc2N)ccc1OCc1cccc2ccccc12. The van der Waals surface area contributed by atoms with Gasteiger partial charge in [-0.2, -0.15) is 5.10 Å². The zero-order chi connectivity index (χ0) is 21.6. The van der Waals surface area contributed by atoms with Crippen molar-refractivity contribution in [1.82, 2.24) is 10.3 Å². The predicted octanol–water partition coefficient (Wildman–Crippen LogP) is 3.13. The number of ether oxygens (including phenoxy) is 2. The Morgan fingerprint density at radius 3 is 2.71 bits per heavy atom. The molecule has 0 bridgehead atoms. The predicted molar refractivity (Wildman–Crippen MR) is 118 cm³/mol. The Labute approximate surface area is 177 Å². The summed E-state index contributed by atoms with van der Waals surface area (Å²) in [6.07, 6.45) is 1.52. The van der Waals surface area contributed by atoms with E-state index >= 15 is 0 Å². The van der Waals surface area contributed by atoms with Crippen molar-refractivity contribution in [3.05, 3.63) is 77.5 Å². The highest BCUT2D eigenvalue weighted by atomic mass is 16.6. The highest BCUT2D eigenvalue weighted by Gasteiger charge is 2.10. The first-order chi connectivity index (χ1) is 15.2. The summed E-state index contributed by atoms with van der Waals surface area (Å²) in [6, 6.07) is 19.8. The minimum absolute atomic E-state index is 0.00277. The van der Waals surface area contributed by atoms with Gasteiger partial charge in [-0.1, -0.05) is 42.5 Å². The average Bonchev–Trinajstić information content (AvgIpc) is 3.24. The molecule has 0 aliphatic rings. The van der Waals surface area contributed by atoms with E-state index in [9.17, 15) is 0 Å². The number of rotatable bonds is 7. The maximum atomic E-state index is 6.03. The third-order valence-electron chi connectivity index (χ3n) is 4.58. The van der Waals surface area contributed by atoms with Crippen LogP contribution in [0.4, 0.5) is 5.82 Å². The van der Waals surface area contributed by atoms with Gasteiger partial charge in [0.15, 0.2) is 28.8 Å². The van der Waals surface area contributed by atoms with Crippen molar-refractivity contribution in [2.75, 3.05) is 12.8 Å². The van der Waals surface area contributed by atoms with Crippen LogP contribution < -0.4 is 20.9 Å². The minimum Gasteiger partial charge on any atom is -0.493 e. The van der Waals surface area contributed by atoms with Gasteiger partial charge in [-0.05, 0) is 50.4 Å². The summed E-state index contributed by atoms with van der Waals surface area (Å²) in [4.78, 5) is 0. The van der Waals surface area contributed by atoms with Crippen LogP contribution >= 0.6 is 0 Å². The second-order valence-corrected chi connectivity index (χ2v) is 6.57. The molecule has 0 saturated carbocycles. The molecule has 4 rings (SSSR count).